The minimum absolute atomic E-state index is 0.538. The van der Waals surface area contributed by atoms with Gasteiger partial charge < -0.3 is 10.1 Å². The average molecular weight is 416 g/mol. The minimum Gasteiger partial charge on any atom is -0.497 e. The molecule has 0 radical (unpaired) electrons. The van der Waals surface area contributed by atoms with Crippen LogP contribution in [-0.2, 0) is 16.4 Å². The summed E-state index contributed by atoms with van der Waals surface area (Å²) in [5.74, 6) is 0.784. The van der Waals surface area contributed by atoms with Crippen LogP contribution in [0.25, 0.3) is 11.3 Å². The van der Waals surface area contributed by atoms with Crippen LogP contribution < -0.4 is 14.4 Å². The van der Waals surface area contributed by atoms with E-state index in [4.69, 9.17) is 4.74 Å². The second kappa shape index (κ2) is 7.44. The number of aromatic nitrogens is 1. The molecule has 1 aliphatic rings. The van der Waals surface area contributed by atoms with Crippen LogP contribution >= 0.6 is 11.3 Å². The van der Waals surface area contributed by atoms with Gasteiger partial charge in [0.15, 0.2) is 5.13 Å². The highest BCUT2D eigenvalue weighted by molar-refractivity contribution is 7.92. The molecule has 1 aromatic heterocycles. The summed E-state index contributed by atoms with van der Waals surface area (Å²) in [6, 6.07) is 13.6. The molecule has 1 N–H and O–H groups in total. The molecule has 0 unspecified atom stereocenters. The quantitative estimate of drug-likeness (QED) is 0.674. The number of ether oxygens (including phenoxy) is 1. The van der Waals surface area contributed by atoms with Gasteiger partial charge in [0.05, 0.1) is 24.7 Å². The smallest absolute Gasteiger partial charge is 0.232 e. The molecule has 0 saturated carbocycles. The van der Waals surface area contributed by atoms with E-state index in [1.54, 1.807) is 7.11 Å². The van der Waals surface area contributed by atoms with Crippen LogP contribution in [0.2, 0.25) is 0 Å². The molecule has 0 spiro atoms. The Morgan fingerprint density at radius 2 is 2.07 bits per heavy atom. The molecule has 0 saturated heterocycles. The molecule has 0 aliphatic carbocycles. The highest BCUT2D eigenvalue weighted by Crippen LogP contribution is 2.34. The lowest BCUT2D eigenvalue weighted by Gasteiger charge is -2.29. The Labute approximate surface area is 168 Å². The highest BCUT2D eigenvalue weighted by Gasteiger charge is 2.24. The van der Waals surface area contributed by atoms with E-state index in [2.05, 4.69) is 16.4 Å². The molecule has 4 rings (SSSR count). The molecule has 2 aromatic carbocycles. The Hall–Kier alpha value is -2.58. The SMILES string of the molecule is COc1cccc(Nc2nc(-c3ccc4c(c3)CCCN4S(C)(=O)=O)cs2)c1. The first-order chi connectivity index (χ1) is 13.4. The number of nitrogens with zero attached hydrogens (tertiary/aromatic N) is 2. The first-order valence-corrected chi connectivity index (χ1v) is 11.6. The van der Waals surface area contributed by atoms with Crippen LogP contribution in [-0.4, -0.2) is 33.3 Å². The number of nitrogens with one attached hydrogen (secondary N) is 1. The lowest BCUT2D eigenvalue weighted by atomic mass is 10.00. The third-order valence-electron chi connectivity index (χ3n) is 4.68. The molecule has 2 heterocycles. The first kappa shape index (κ1) is 18.8. The van der Waals surface area contributed by atoms with Gasteiger partial charge in [-0.05, 0) is 42.7 Å². The van der Waals surface area contributed by atoms with Gasteiger partial charge in [0.25, 0.3) is 0 Å². The monoisotopic (exact) mass is 415 g/mol. The second-order valence-electron chi connectivity index (χ2n) is 6.68. The van der Waals surface area contributed by atoms with Crippen LogP contribution in [0.4, 0.5) is 16.5 Å². The number of aryl methyl sites for hydroxylation is 1. The molecule has 0 atom stereocenters. The fourth-order valence-electron chi connectivity index (χ4n) is 3.35. The van der Waals surface area contributed by atoms with E-state index in [0.717, 1.165) is 51.9 Å². The van der Waals surface area contributed by atoms with Crippen LogP contribution in [0.3, 0.4) is 0 Å². The number of benzene rings is 2. The number of anilines is 3. The van der Waals surface area contributed by atoms with Gasteiger partial charge in [0, 0.05) is 29.2 Å². The second-order valence-corrected chi connectivity index (χ2v) is 9.44. The largest absolute Gasteiger partial charge is 0.497 e. The molecule has 146 valence electrons. The van der Waals surface area contributed by atoms with Gasteiger partial charge in [-0.2, -0.15) is 0 Å². The van der Waals surface area contributed by atoms with Crippen molar-refractivity contribution in [3.63, 3.8) is 0 Å². The summed E-state index contributed by atoms with van der Waals surface area (Å²) in [4.78, 5) is 4.68. The summed E-state index contributed by atoms with van der Waals surface area (Å²) >= 11 is 1.53. The fraction of sp³-hybridized carbons (Fsp3) is 0.250. The number of thiazole rings is 1. The summed E-state index contributed by atoms with van der Waals surface area (Å²) in [6.07, 6.45) is 2.95. The Bertz CT molecular complexity index is 1110. The van der Waals surface area contributed by atoms with Crippen molar-refractivity contribution < 1.29 is 13.2 Å². The van der Waals surface area contributed by atoms with Gasteiger partial charge in [0.1, 0.15) is 5.75 Å². The normalized spacial score (nSPS) is 13.9. The van der Waals surface area contributed by atoms with E-state index in [-0.39, 0.29) is 0 Å². The molecule has 0 fully saturated rings. The van der Waals surface area contributed by atoms with Gasteiger partial charge in [-0.3, -0.25) is 4.31 Å². The Balaban J connectivity index is 1.59. The van der Waals surface area contributed by atoms with Crippen LogP contribution in [0.15, 0.2) is 47.8 Å². The van der Waals surface area contributed by atoms with E-state index in [0.29, 0.717) is 6.54 Å². The van der Waals surface area contributed by atoms with Gasteiger partial charge >= 0.3 is 0 Å². The summed E-state index contributed by atoms with van der Waals surface area (Å²) in [6.45, 7) is 0.538. The van der Waals surface area contributed by atoms with Gasteiger partial charge in [0.2, 0.25) is 10.0 Å². The van der Waals surface area contributed by atoms with Crippen molar-refractivity contribution in [1.82, 2.24) is 4.98 Å². The Morgan fingerprint density at radius 3 is 2.86 bits per heavy atom. The van der Waals surface area contributed by atoms with Crippen molar-refractivity contribution in [2.45, 2.75) is 12.8 Å². The number of rotatable bonds is 5. The van der Waals surface area contributed by atoms with Crippen LogP contribution in [0, 0.1) is 0 Å². The highest BCUT2D eigenvalue weighted by atomic mass is 32.2. The van der Waals surface area contributed by atoms with Gasteiger partial charge in [-0.1, -0.05) is 12.1 Å². The molecule has 6 nitrogen and oxygen atoms in total. The van der Waals surface area contributed by atoms with E-state index in [1.807, 2.05) is 41.8 Å². The zero-order valence-electron chi connectivity index (χ0n) is 15.7. The Kier molecular flexibility index (Phi) is 4.99. The molecular weight excluding hydrogens is 394 g/mol. The zero-order valence-corrected chi connectivity index (χ0v) is 17.3. The van der Waals surface area contributed by atoms with Crippen molar-refractivity contribution in [1.29, 1.82) is 0 Å². The fourth-order valence-corrected chi connectivity index (χ4v) is 5.09. The van der Waals surface area contributed by atoms with Gasteiger partial charge in [-0.15, -0.1) is 11.3 Å². The summed E-state index contributed by atoms with van der Waals surface area (Å²) in [5.41, 5.74) is 4.60. The maximum absolute atomic E-state index is 12.0. The molecule has 0 amide bonds. The third kappa shape index (κ3) is 3.83. The minimum atomic E-state index is -3.25. The summed E-state index contributed by atoms with van der Waals surface area (Å²) < 4.78 is 30.8. The average Bonchev–Trinajstić information content (AvgIpc) is 3.15. The van der Waals surface area contributed by atoms with Crippen molar-refractivity contribution in [2.75, 3.05) is 29.5 Å². The van der Waals surface area contributed by atoms with E-state index >= 15 is 0 Å². The number of methoxy groups -OCH3 is 1. The van der Waals surface area contributed by atoms with E-state index in [1.165, 1.54) is 21.9 Å². The van der Waals surface area contributed by atoms with Crippen LogP contribution in [0.1, 0.15) is 12.0 Å². The maximum Gasteiger partial charge on any atom is 0.232 e. The number of sulfonamides is 1. The van der Waals surface area contributed by atoms with Crippen molar-refractivity contribution in [3.8, 4) is 17.0 Å². The van der Waals surface area contributed by atoms with E-state index < -0.39 is 10.0 Å². The Morgan fingerprint density at radius 1 is 1.21 bits per heavy atom. The zero-order chi connectivity index (χ0) is 19.7. The van der Waals surface area contributed by atoms with Crippen LogP contribution in [0.5, 0.6) is 5.75 Å². The molecule has 3 aromatic rings. The predicted molar refractivity (Wildman–Crippen MR) is 114 cm³/mol. The number of hydrogen-bond acceptors (Lipinski definition) is 6. The van der Waals surface area contributed by atoms with Gasteiger partial charge in [-0.25, -0.2) is 13.4 Å². The first-order valence-electron chi connectivity index (χ1n) is 8.92. The molecule has 1 aliphatic heterocycles. The summed E-state index contributed by atoms with van der Waals surface area (Å²) in [5, 5.41) is 6.09. The van der Waals surface area contributed by atoms with E-state index in [9.17, 15) is 8.42 Å². The standard InChI is InChI=1S/C20H21N3O3S2/c1-26-17-7-3-6-16(12-17)21-20-22-18(13-27-20)14-8-9-19-15(11-14)5-4-10-23(19)28(2,24)25/h3,6-9,11-13H,4-5,10H2,1-2H3,(H,21,22). The van der Waals surface area contributed by atoms with Crippen molar-refractivity contribution in [3.05, 3.63) is 53.4 Å². The predicted octanol–water partition coefficient (Wildman–Crippen LogP) is 4.27. The molecule has 28 heavy (non-hydrogen) atoms. The molecule has 8 heteroatoms. The maximum atomic E-state index is 12.0. The molecular formula is C20H21N3O3S2. The van der Waals surface area contributed by atoms with Crippen molar-refractivity contribution >= 4 is 37.9 Å². The number of hydrogen-bond donors (Lipinski definition) is 1. The summed E-state index contributed by atoms with van der Waals surface area (Å²) in [7, 11) is -1.61. The van der Waals surface area contributed by atoms with Crippen molar-refractivity contribution in [2.24, 2.45) is 0 Å². The lowest BCUT2D eigenvalue weighted by molar-refractivity contribution is 0.415. The third-order valence-corrected chi connectivity index (χ3v) is 6.61. The molecule has 0 bridgehead atoms. The number of fused-ring (bicyclic) bond motifs is 1. The lowest BCUT2D eigenvalue weighted by Crippen LogP contribution is -2.34. The topological polar surface area (TPSA) is 71.5 Å².